The molecule has 2 rings (SSSR count). The standard InChI is InChI=1S/C16H17NO/c1-11-6-4-9-15(17-10-11)16(18)14-8-5-7-12(2)13(14)3/h4-11H,1-3H3. The molecule has 1 unspecified atom stereocenters. The average Bonchev–Trinajstić information content (AvgIpc) is 2.57. The van der Waals surface area contributed by atoms with E-state index < -0.39 is 0 Å². The Bertz CT molecular complexity index is 564. The molecular formula is C16H17NO. The number of aryl methyl sites for hydroxylation is 1. The van der Waals surface area contributed by atoms with E-state index >= 15 is 0 Å². The number of nitrogens with zero attached hydrogens (tertiary/aromatic N) is 1. The van der Waals surface area contributed by atoms with Crippen LogP contribution in [0.25, 0.3) is 0 Å². The molecule has 0 spiro atoms. The highest BCUT2D eigenvalue weighted by Gasteiger charge is 2.15. The minimum Gasteiger partial charge on any atom is -0.287 e. The zero-order valence-electron chi connectivity index (χ0n) is 11.0. The van der Waals surface area contributed by atoms with Gasteiger partial charge in [-0.1, -0.05) is 37.3 Å². The van der Waals surface area contributed by atoms with Gasteiger partial charge in [-0.05, 0) is 31.1 Å². The van der Waals surface area contributed by atoms with E-state index in [1.165, 1.54) is 0 Å². The number of rotatable bonds is 2. The van der Waals surface area contributed by atoms with Gasteiger partial charge in [-0.3, -0.25) is 9.79 Å². The van der Waals surface area contributed by atoms with Gasteiger partial charge in [0.15, 0.2) is 0 Å². The third-order valence-electron chi connectivity index (χ3n) is 3.20. The van der Waals surface area contributed by atoms with Crippen molar-refractivity contribution in [2.24, 2.45) is 10.9 Å². The van der Waals surface area contributed by atoms with Crippen LogP contribution in [0.2, 0.25) is 0 Å². The molecular weight excluding hydrogens is 222 g/mol. The fourth-order valence-corrected chi connectivity index (χ4v) is 1.88. The number of Topliss-reactive ketones (excluding diaryl/α,β-unsaturated/α-hetero) is 1. The Morgan fingerprint density at radius 2 is 2.06 bits per heavy atom. The van der Waals surface area contributed by atoms with Crippen LogP contribution in [0.15, 0.2) is 47.1 Å². The summed E-state index contributed by atoms with van der Waals surface area (Å²) in [6.07, 6.45) is 7.51. The van der Waals surface area contributed by atoms with Gasteiger partial charge in [-0.15, -0.1) is 0 Å². The smallest absolute Gasteiger partial charge is 0.211 e. The van der Waals surface area contributed by atoms with Crippen LogP contribution in [0.5, 0.6) is 0 Å². The van der Waals surface area contributed by atoms with Crippen molar-refractivity contribution in [2.45, 2.75) is 20.8 Å². The van der Waals surface area contributed by atoms with Crippen molar-refractivity contribution in [3.8, 4) is 0 Å². The van der Waals surface area contributed by atoms with Gasteiger partial charge in [-0.2, -0.15) is 0 Å². The SMILES string of the molecule is Cc1cccc(C(=O)C2=CC=CC(C)C=N2)c1C. The molecule has 0 fully saturated rings. The summed E-state index contributed by atoms with van der Waals surface area (Å²) in [4.78, 5) is 16.7. The second-order valence-electron chi connectivity index (χ2n) is 4.65. The summed E-state index contributed by atoms with van der Waals surface area (Å²) < 4.78 is 0. The predicted molar refractivity (Wildman–Crippen MR) is 75.1 cm³/mol. The minimum absolute atomic E-state index is 0.00815. The first-order chi connectivity index (χ1) is 8.59. The lowest BCUT2D eigenvalue weighted by molar-refractivity contribution is 0.103. The molecule has 0 aromatic heterocycles. The molecule has 1 aromatic carbocycles. The molecule has 0 saturated heterocycles. The van der Waals surface area contributed by atoms with Gasteiger partial charge >= 0.3 is 0 Å². The molecule has 1 heterocycles. The topological polar surface area (TPSA) is 29.4 Å². The lowest BCUT2D eigenvalue weighted by Crippen LogP contribution is -2.05. The monoisotopic (exact) mass is 239 g/mol. The first-order valence-electron chi connectivity index (χ1n) is 6.13. The van der Waals surface area contributed by atoms with Crippen LogP contribution in [0.1, 0.15) is 28.4 Å². The number of carbonyl (C=O) groups is 1. The molecule has 2 nitrogen and oxygen atoms in total. The zero-order valence-corrected chi connectivity index (χ0v) is 11.0. The summed E-state index contributed by atoms with van der Waals surface area (Å²) in [6, 6.07) is 5.78. The Morgan fingerprint density at radius 3 is 2.83 bits per heavy atom. The maximum absolute atomic E-state index is 12.4. The number of hydrogen-bond acceptors (Lipinski definition) is 2. The Kier molecular flexibility index (Phi) is 3.56. The lowest BCUT2D eigenvalue weighted by Gasteiger charge is -2.07. The van der Waals surface area contributed by atoms with E-state index in [9.17, 15) is 4.79 Å². The van der Waals surface area contributed by atoms with E-state index in [0.29, 0.717) is 5.70 Å². The highest BCUT2D eigenvalue weighted by molar-refractivity contribution is 6.10. The Balaban J connectivity index is 2.38. The number of ketones is 1. The third kappa shape index (κ3) is 2.48. The summed E-state index contributed by atoms with van der Waals surface area (Å²) in [6.45, 7) is 6.03. The molecule has 2 heteroatoms. The Morgan fingerprint density at radius 1 is 1.28 bits per heavy atom. The van der Waals surface area contributed by atoms with Crippen molar-refractivity contribution in [1.29, 1.82) is 0 Å². The van der Waals surface area contributed by atoms with Crippen molar-refractivity contribution < 1.29 is 4.79 Å². The summed E-state index contributed by atoms with van der Waals surface area (Å²) in [5.41, 5.74) is 3.40. The maximum Gasteiger partial charge on any atom is 0.211 e. The van der Waals surface area contributed by atoms with Crippen LogP contribution >= 0.6 is 0 Å². The maximum atomic E-state index is 12.4. The van der Waals surface area contributed by atoms with E-state index in [1.54, 1.807) is 12.3 Å². The van der Waals surface area contributed by atoms with E-state index in [4.69, 9.17) is 0 Å². The van der Waals surface area contributed by atoms with Gasteiger partial charge in [0.05, 0.1) is 0 Å². The lowest BCUT2D eigenvalue weighted by atomic mass is 9.98. The molecule has 0 radical (unpaired) electrons. The number of aliphatic imine (C=N–C) groups is 1. The first kappa shape index (κ1) is 12.5. The highest BCUT2D eigenvalue weighted by atomic mass is 16.1. The summed E-state index contributed by atoms with van der Waals surface area (Å²) >= 11 is 0. The number of hydrogen-bond donors (Lipinski definition) is 0. The van der Waals surface area contributed by atoms with Crippen molar-refractivity contribution in [1.82, 2.24) is 0 Å². The number of carbonyl (C=O) groups excluding carboxylic acids is 1. The van der Waals surface area contributed by atoms with Gasteiger partial charge in [0.25, 0.3) is 0 Å². The zero-order chi connectivity index (χ0) is 13.1. The quantitative estimate of drug-likeness (QED) is 0.724. The molecule has 18 heavy (non-hydrogen) atoms. The van der Waals surface area contributed by atoms with Crippen LogP contribution < -0.4 is 0 Å². The molecule has 1 aliphatic heterocycles. The molecule has 0 aliphatic carbocycles. The third-order valence-corrected chi connectivity index (χ3v) is 3.20. The van der Waals surface area contributed by atoms with E-state index in [1.807, 2.05) is 51.1 Å². The van der Waals surface area contributed by atoms with Crippen molar-refractivity contribution in [3.63, 3.8) is 0 Å². The molecule has 0 saturated carbocycles. The fourth-order valence-electron chi connectivity index (χ4n) is 1.88. The molecule has 0 bridgehead atoms. The van der Waals surface area contributed by atoms with Crippen LogP contribution in [-0.2, 0) is 0 Å². The van der Waals surface area contributed by atoms with Crippen molar-refractivity contribution in [2.75, 3.05) is 0 Å². The number of benzene rings is 1. The second kappa shape index (κ2) is 5.13. The predicted octanol–water partition coefficient (Wildman–Crippen LogP) is 3.65. The van der Waals surface area contributed by atoms with E-state index in [0.717, 1.165) is 16.7 Å². The van der Waals surface area contributed by atoms with E-state index in [-0.39, 0.29) is 11.7 Å². The van der Waals surface area contributed by atoms with E-state index in [2.05, 4.69) is 4.99 Å². The normalized spacial score (nSPS) is 18.4. The largest absolute Gasteiger partial charge is 0.287 e. The summed E-state index contributed by atoms with van der Waals surface area (Å²) in [5, 5.41) is 0. The molecule has 1 aromatic rings. The Hall–Kier alpha value is -1.96. The van der Waals surface area contributed by atoms with Crippen LogP contribution in [0.4, 0.5) is 0 Å². The second-order valence-corrected chi connectivity index (χ2v) is 4.65. The van der Waals surface area contributed by atoms with Gasteiger partial charge in [-0.25, -0.2) is 0 Å². The summed E-state index contributed by atoms with van der Waals surface area (Å²) in [5.74, 6) is 0.261. The van der Waals surface area contributed by atoms with Gasteiger partial charge in [0.2, 0.25) is 5.78 Å². The van der Waals surface area contributed by atoms with Crippen LogP contribution in [0.3, 0.4) is 0 Å². The van der Waals surface area contributed by atoms with Crippen LogP contribution in [0, 0.1) is 19.8 Å². The average molecular weight is 239 g/mol. The van der Waals surface area contributed by atoms with Gasteiger partial charge in [0, 0.05) is 17.7 Å². The molecule has 0 N–H and O–H groups in total. The highest BCUT2D eigenvalue weighted by Crippen LogP contribution is 2.18. The van der Waals surface area contributed by atoms with Crippen molar-refractivity contribution >= 4 is 12.0 Å². The summed E-state index contributed by atoms with van der Waals surface area (Å²) in [7, 11) is 0. The van der Waals surface area contributed by atoms with Crippen LogP contribution in [-0.4, -0.2) is 12.0 Å². The molecule has 1 atom stereocenters. The molecule has 92 valence electrons. The minimum atomic E-state index is -0.00815. The van der Waals surface area contributed by atoms with Crippen molar-refractivity contribution in [3.05, 3.63) is 58.8 Å². The number of allylic oxidation sites excluding steroid dienone is 4. The Labute approximate surface area is 108 Å². The molecule has 1 aliphatic rings. The van der Waals surface area contributed by atoms with Gasteiger partial charge < -0.3 is 0 Å². The first-order valence-corrected chi connectivity index (χ1v) is 6.13. The fraction of sp³-hybridized carbons (Fsp3) is 0.250. The van der Waals surface area contributed by atoms with Gasteiger partial charge in [0.1, 0.15) is 5.70 Å². The molecule has 0 amide bonds.